The fourth-order valence-corrected chi connectivity index (χ4v) is 2.34. The monoisotopic (exact) mass is 325 g/mol. The minimum Gasteiger partial charge on any atom is -0.420 e. The second kappa shape index (κ2) is 6.80. The number of hydrogen-bond donors (Lipinski definition) is 1. The molecule has 0 aliphatic rings. The molecule has 6 nitrogen and oxygen atoms in total. The second-order valence-corrected chi connectivity index (χ2v) is 5.29. The summed E-state index contributed by atoms with van der Waals surface area (Å²) in [6, 6.07) is 11.6. The van der Waals surface area contributed by atoms with Crippen molar-refractivity contribution in [2.75, 3.05) is 5.32 Å². The predicted molar refractivity (Wildman–Crippen MR) is 85.7 cm³/mol. The van der Waals surface area contributed by atoms with Gasteiger partial charge in [-0.1, -0.05) is 18.2 Å². The summed E-state index contributed by atoms with van der Waals surface area (Å²) >= 11 is 1.28. The number of carbonyl (C=O) groups excluding carboxylic acids is 2. The van der Waals surface area contributed by atoms with Crippen molar-refractivity contribution >= 4 is 28.3 Å². The highest BCUT2D eigenvalue weighted by molar-refractivity contribution is 7.13. The second-order valence-electron chi connectivity index (χ2n) is 4.40. The number of hydrogen-bond acceptors (Lipinski definition) is 6. The third-order valence-corrected chi connectivity index (χ3v) is 3.54. The maximum absolute atomic E-state index is 12.3. The zero-order valence-corrected chi connectivity index (χ0v) is 12.6. The van der Waals surface area contributed by atoms with Crippen LogP contribution in [0.5, 0.6) is 5.75 Å². The number of pyridine rings is 1. The number of aromatic nitrogens is 2. The molecule has 2 heterocycles. The number of amides is 1. The molecule has 1 amide bonds. The smallest absolute Gasteiger partial charge is 0.343 e. The molecule has 1 aromatic carbocycles. The summed E-state index contributed by atoms with van der Waals surface area (Å²) in [6.45, 7) is 0. The van der Waals surface area contributed by atoms with Crippen molar-refractivity contribution < 1.29 is 14.3 Å². The van der Waals surface area contributed by atoms with Crippen molar-refractivity contribution in [1.82, 2.24) is 9.97 Å². The van der Waals surface area contributed by atoms with Crippen molar-refractivity contribution in [3.05, 3.63) is 71.5 Å². The van der Waals surface area contributed by atoms with Gasteiger partial charge in [-0.15, -0.1) is 11.3 Å². The van der Waals surface area contributed by atoms with Crippen LogP contribution in [-0.4, -0.2) is 21.8 Å². The van der Waals surface area contributed by atoms with Crippen LogP contribution in [-0.2, 0) is 0 Å². The summed E-state index contributed by atoms with van der Waals surface area (Å²) in [7, 11) is 0. The first-order valence-electron chi connectivity index (χ1n) is 6.67. The molecule has 0 radical (unpaired) electrons. The van der Waals surface area contributed by atoms with Gasteiger partial charge in [0.25, 0.3) is 5.91 Å². The highest BCUT2D eigenvalue weighted by Gasteiger charge is 2.18. The van der Waals surface area contributed by atoms with Gasteiger partial charge in [0.05, 0.1) is 5.56 Å². The Morgan fingerprint density at radius 1 is 1.00 bits per heavy atom. The van der Waals surface area contributed by atoms with Gasteiger partial charge in [0.2, 0.25) is 0 Å². The molecule has 2 aromatic heterocycles. The lowest BCUT2D eigenvalue weighted by molar-refractivity contribution is 0.0732. The standard InChI is InChI=1S/C16H11N3O3S/c20-14(19-16-18-9-10-23-16)13-12(7-4-8-17-13)22-15(21)11-5-2-1-3-6-11/h1-10H,(H,18,19,20). The van der Waals surface area contributed by atoms with Gasteiger partial charge in [-0.05, 0) is 24.3 Å². The van der Waals surface area contributed by atoms with E-state index >= 15 is 0 Å². The largest absolute Gasteiger partial charge is 0.420 e. The first-order valence-corrected chi connectivity index (χ1v) is 7.55. The first-order chi connectivity index (χ1) is 11.2. The van der Waals surface area contributed by atoms with Crippen LogP contribution in [0.1, 0.15) is 20.8 Å². The molecule has 1 N–H and O–H groups in total. The Balaban J connectivity index is 1.80. The lowest BCUT2D eigenvalue weighted by Crippen LogP contribution is -2.17. The molecule has 0 aliphatic heterocycles. The summed E-state index contributed by atoms with van der Waals surface area (Å²) < 4.78 is 5.29. The summed E-state index contributed by atoms with van der Waals surface area (Å²) in [4.78, 5) is 32.3. The van der Waals surface area contributed by atoms with Gasteiger partial charge in [-0.2, -0.15) is 0 Å². The highest BCUT2D eigenvalue weighted by Crippen LogP contribution is 2.19. The number of nitrogens with one attached hydrogen (secondary N) is 1. The van der Waals surface area contributed by atoms with E-state index in [0.717, 1.165) is 0 Å². The lowest BCUT2D eigenvalue weighted by atomic mass is 10.2. The first kappa shape index (κ1) is 14.9. The van der Waals surface area contributed by atoms with Crippen molar-refractivity contribution in [3.63, 3.8) is 0 Å². The number of carbonyl (C=O) groups is 2. The third kappa shape index (κ3) is 3.58. The number of rotatable bonds is 4. The molecule has 7 heteroatoms. The van der Waals surface area contributed by atoms with Gasteiger partial charge in [-0.25, -0.2) is 14.8 Å². The average Bonchev–Trinajstić information content (AvgIpc) is 3.09. The van der Waals surface area contributed by atoms with Crippen LogP contribution in [0.4, 0.5) is 5.13 Å². The molecule has 0 fully saturated rings. The number of nitrogens with zero attached hydrogens (tertiary/aromatic N) is 2. The molecule has 0 saturated carbocycles. The third-order valence-electron chi connectivity index (χ3n) is 2.85. The summed E-state index contributed by atoms with van der Waals surface area (Å²) in [5.41, 5.74) is 0.412. The summed E-state index contributed by atoms with van der Waals surface area (Å²) in [5.74, 6) is -0.950. The van der Waals surface area contributed by atoms with Crippen LogP contribution in [0.25, 0.3) is 0 Å². The molecule has 0 atom stereocenters. The molecule has 0 bridgehead atoms. The molecule has 0 unspecified atom stereocenters. The fraction of sp³-hybridized carbons (Fsp3) is 0. The van der Waals surface area contributed by atoms with Crippen LogP contribution in [0.3, 0.4) is 0 Å². The van der Waals surface area contributed by atoms with E-state index in [-0.39, 0.29) is 11.4 Å². The zero-order chi connectivity index (χ0) is 16.1. The van der Waals surface area contributed by atoms with E-state index in [1.807, 2.05) is 0 Å². The van der Waals surface area contributed by atoms with Crippen molar-refractivity contribution in [1.29, 1.82) is 0 Å². The van der Waals surface area contributed by atoms with Gasteiger partial charge in [0.1, 0.15) is 0 Å². The maximum atomic E-state index is 12.3. The van der Waals surface area contributed by atoms with Gasteiger partial charge >= 0.3 is 5.97 Å². The molecule has 0 saturated heterocycles. The molecule has 3 rings (SSSR count). The van der Waals surface area contributed by atoms with E-state index < -0.39 is 11.9 Å². The van der Waals surface area contributed by atoms with Crippen LogP contribution in [0.2, 0.25) is 0 Å². The van der Waals surface area contributed by atoms with Crippen LogP contribution < -0.4 is 10.1 Å². The fourth-order valence-electron chi connectivity index (χ4n) is 1.82. The highest BCUT2D eigenvalue weighted by atomic mass is 32.1. The van der Waals surface area contributed by atoms with Crippen molar-refractivity contribution in [2.24, 2.45) is 0 Å². The topological polar surface area (TPSA) is 81.2 Å². The molecule has 114 valence electrons. The number of benzene rings is 1. The Kier molecular flexibility index (Phi) is 4.39. The van der Waals surface area contributed by atoms with Crippen molar-refractivity contribution in [2.45, 2.75) is 0 Å². The van der Waals surface area contributed by atoms with Gasteiger partial charge in [0, 0.05) is 17.8 Å². The minimum atomic E-state index is -0.554. The Bertz CT molecular complexity index is 820. The van der Waals surface area contributed by atoms with Gasteiger partial charge in [-0.3, -0.25) is 10.1 Å². The van der Waals surface area contributed by atoms with Crippen LogP contribution >= 0.6 is 11.3 Å². The molecule has 0 spiro atoms. The Morgan fingerprint density at radius 2 is 1.83 bits per heavy atom. The van der Waals surface area contributed by atoms with Gasteiger partial charge in [0.15, 0.2) is 16.6 Å². The van der Waals surface area contributed by atoms with E-state index in [2.05, 4.69) is 15.3 Å². The van der Waals surface area contributed by atoms with E-state index in [1.54, 1.807) is 48.0 Å². The number of esters is 1. The molecule has 0 aliphatic carbocycles. The molecule has 3 aromatic rings. The van der Waals surface area contributed by atoms with E-state index in [4.69, 9.17) is 4.74 Å². The number of thiazole rings is 1. The Morgan fingerprint density at radius 3 is 2.57 bits per heavy atom. The average molecular weight is 325 g/mol. The van der Waals surface area contributed by atoms with Crippen LogP contribution in [0.15, 0.2) is 60.2 Å². The summed E-state index contributed by atoms with van der Waals surface area (Å²) in [6.07, 6.45) is 3.03. The minimum absolute atomic E-state index is 0.0204. The zero-order valence-electron chi connectivity index (χ0n) is 11.8. The Hall–Kier alpha value is -3.06. The number of ether oxygens (including phenoxy) is 1. The normalized spacial score (nSPS) is 10.1. The molecule has 23 heavy (non-hydrogen) atoms. The maximum Gasteiger partial charge on any atom is 0.343 e. The lowest BCUT2D eigenvalue weighted by Gasteiger charge is -2.08. The Labute approximate surface area is 135 Å². The quantitative estimate of drug-likeness (QED) is 0.746. The SMILES string of the molecule is O=C(Oc1cccnc1C(=O)Nc1nccs1)c1ccccc1. The summed E-state index contributed by atoms with van der Waals surface area (Å²) in [5, 5.41) is 4.79. The van der Waals surface area contributed by atoms with Crippen LogP contribution in [0, 0.1) is 0 Å². The van der Waals surface area contributed by atoms with E-state index in [1.165, 1.54) is 23.6 Å². The number of anilines is 1. The predicted octanol–water partition coefficient (Wildman–Crippen LogP) is 3.01. The molecular formula is C16H11N3O3S. The van der Waals surface area contributed by atoms with E-state index in [9.17, 15) is 9.59 Å². The van der Waals surface area contributed by atoms with Crippen molar-refractivity contribution in [3.8, 4) is 5.75 Å². The molecular weight excluding hydrogens is 314 g/mol. The van der Waals surface area contributed by atoms with E-state index in [0.29, 0.717) is 10.7 Å². The van der Waals surface area contributed by atoms with Gasteiger partial charge < -0.3 is 4.74 Å².